The van der Waals surface area contributed by atoms with Crippen LogP contribution in [0.1, 0.15) is 46.2 Å². The monoisotopic (exact) mass is 376 g/mol. The number of nitrogens with zero attached hydrogens (tertiary/aromatic N) is 1. The Morgan fingerprint density at radius 1 is 1.23 bits per heavy atom. The van der Waals surface area contributed by atoms with E-state index in [1.807, 2.05) is 43.7 Å². The van der Waals surface area contributed by atoms with Gasteiger partial charge in [-0.15, -0.1) is 0 Å². The molecule has 0 bridgehead atoms. The van der Waals surface area contributed by atoms with Crippen LogP contribution in [0.25, 0.3) is 0 Å². The summed E-state index contributed by atoms with van der Waals surface area (Å²) in [7, 11) is 1.90. The Morgan fingerprint density at radius 3 is 2.58 bits per heavy atom. The zero-order valence-electron chi connectivity index (χ0n) is 15.7. The normalized spacial score (nSPS) is 10.7. The van der Waals surface area contributed by atoms with Gasteiger partial charge in [0.2, 0.25) is 5.91 Å². The molecule has 140 valence electrons. The minimum Gasteiger partial charge on any atom is -0.462 e. The fraction of sp³-hybridized carbons (Fsp3) is 0.400. The van der Waals surface area contributed by atoms with E-state index in [4.69, 9.17) is 16.3 Å². The van der Waals surface area contributed by atoms with E-state index in [-0.39, 0.29) is 11.9 Å². The molecule has 0 aliphatic rings. The highest BCUT2D eigenvalue weighted by Gasteiger charge is 2.22. The topological polar surface area (TPSA) is 60.3 Å². The molecule has 0 unspecified atom stereocenters. The predicted octanol–water partition coefficient (Wildman–Crippen LogP) is 3.72. The molecule has 0 atom stereocenters. The van der Waals surface area contributed by atoms with E-state index >= 15 is 0 Å². The van der Waals surface area contributed by atoms with E-state index in [0.717, 1.165) is 22.5 Å². The van der Waals surface area contributed by atoms with Gasteiger partial charge in [0.25, 0.3) is 0 Å². The molecule has 0 aliphatic carbocycles. The van der Waals surface area contributed by atoms with Crippen molar-refractivity contribution in [3.8, 4) is 0 Å². The number of ether oxygens (including phenoxy) is 1. The van der Waals surface area contributed by atoms with Crippen LogP contribution in [-0.2, 0) is 29.5 Å². The lowest BCUT2D eigenvalue weighted by Crippen LogP contribution is -2.23. The lowest BCUT2D eigenvalue weighted by molar-refractivity contribution is -0.121. The number of amides is 1. The van der Waals surface area contributed by atoms with Gasteiger partial charge >= 0.3 is 5.97 Å². The average Bonchev–Trinajstić information content (AvgIpc) is 2.82. The van der Waals surface area contributed by atoms with Gasteiger partial charge in [-0.1, -0.05) is 29.8 Å². The number of hydrogen-bond donors (Lipinski definition) is 1. The molecule has 0 saturated heterocycles. The maximum Gasteiger partial charge on any atom is 0.340 e. The Labute approximate surface area is 159 Å². The van der Waals surface area contributed by atoms with E-state index in [9.17, 15) is 9.59 Å². The van der Waals surface area contributed by atoms with Gasteiger partial charge in [-0.05, 0) is 44.4 Å². The van der Waals surface area contributed by atoms with Crippen LogP contribution in [0.3, 0.4) is 0 Å². The number of esters is 1. The van der Waals surface area contributed by atoms with Crippen molar-refractivity contribution in [3.05, 3.63) is 57.4 Å². The van der Waals surface area contributed by atoms with Crippen LogP contribution in [-0.4, -0.2) is 23.1 Å². The number of rotatable bonds is 7. The first-order valence-corrected chi connectivity index (χ1v) is 9.06. The number of carbonyl (C=O) groups is 2. The SMILES string of the molecule is CCOC(=O)c1c(C)c(CCC(=O)NCc2ccccc2Cl)n(C)c1C. The van der Waals surface area contributed by atoms with Crippen molar-refractivity contribution in [2.75, 3.05) is 6.61 Å². The molecule has 1 aromatic heterocycles. The maximum absolute atomic E-state index is 12.2. The van der Waals surface area contributed by atoms with Crippen molar-refractivity contribution in [2.45, 2.75) is 40.2 Å². The molecule has 1 heterocycles. The highest BCUT2D eigenvalue weighted by molar-refractivity contribution is 6.31. The number of hydrogen-bond acceptors (Lipinski definition) is 3. The smallest absolute Gasteiger partial charge is 0.340 e. The molecule has 1 aromatic carbocycles. The average molecular weight is 377 g/mol. The van der Waals surface area contributed by atoms with E-state index in [1.54, 1.807) is 13.0 Å². The second kappa shape index (κ2) is 8.90. The van der Waals surface area contributed by atoms with Gasteiger partial charge in [0.1, 0.15) is 0 Å². The summed E-state index contributed by atoms with van der Waals surface area (Å²) >= 11 is 6.10. The van der Waals surface area contributed by atoms with Crippen molar-refractivity contribution >= 4 is 23.5 Å². The van der Waals surface area contributed by atoms with Gasteiger partial charge in [0.05, 0.1) is 12.2 Å². The second-order valence-electron chi connectivity index (χ2n) is 6.18. The molecule has 0 radical (unpaired) electrons. The Morgan fingerprint density at radius 2 is 1.92 bits per heavy atom. The van der Waals surface area contributed by atoms with Crippen LogP contribution in [0.5, 0.6) is 0 Å². The first-order chi connectivity index (χ1) is 12.4. The summed E-state index contributed by atoms with van der Waals surface area (Å²) in [6.07, 6.45) is 0.891. The third kappa shape index (κ3) is 4.47. The Balaban J connectivity index is 2.01. The van der Waals surface area contributed by atoms with Crippen LogP contribution in [0.15, 0.2) is 24.3 Å². The van der Waals surface area contributed by atoms with Crippen molar-refractivity contribution in [1.29, 1.82) is 0 Å². The molecule has 0 aliphatic heterocycles. The van der Waals surface area contributed by atoms with Gasteiger partial charge in [-0.2, -0.15) is 0 Å². The first kappa shape index (κ1) is 20.0. The Kier molecular flexibility index (Phi) is 6.86. The molecule has 0 fully saturated rings. The maximum atomic E-state index is 12.2. The summed E-state index contributed by atoms with van der Waals surface area (Å²) < 4.78 is 7.10. The van der Waals surface area contributed by atoms with Gasteiger partial charge < -0.3 is 14.6 Å². The van der Waals surface area contributed by atoms with Crippen LogP contribution < -0.4 is 5.32 Å². The quantitative estimate of drug-likeness (QED) is 0.749. The summed E-state index contributed by atoms with van der Waals surface area (Å²) in [5, 5.41) is 3.53. The van der Waals surface area contributed by atoms with Gasteiger partial charge in [-0.3, -0.25) is 4.79 Å². The molecule has 0 spiro atoms. The van der Waals surface area contributed by atoms with Crippen molar-refractivity contribution in [1.82, 2.24) is 9.88 Å². The molecule has 26 heavy (non-hydrogen) atoms. The molecule has 2 aromatic rings. The zero-order chi connectivity index (χ0) is 19.3. The lowest BCUT2D eigenvalue weighted by atomic mass is 10.1. The summed E-state index contributed by atoms with van der Waals surface area (Å²) in [6.45, 7) is 6.32. The molecule has 1 N–H and O–H groups in total. The summed E-state index contributed by atoms with van der Waals surface area (Å²) in [5.41, 5.74) is 4.19. The summed E-state index contributed by atoms with van der Waals surface area (Å²) in [6, 6.07) is 7.44. The third-order valence-electron chi connectivity index (χ3n) is 4.58. The molecule has 6 heteroatoms. The second-order valence-corrected chi connectivity index (χ2v) is 6.59. The fourth-order valence-corrected chi connectivity index (χ4v) is 3.26. The number of benzene rings is 1. The molecular weight excluding hydrogens is 352 g/mol. The largest absolute Gasteiger partial charge is 0.462 e. The van der Waals surface area contributed by atoms with Crippen LogP contribution >= 0.6 is 11.6 Å². The standard InChI is InChI=1S/C20H25ClN2O3/c1-5-26-20(25)19-13(2)17(23(4)14(19)3)10-11-18(24)22-12-15-8-6-7-9-16(15)21/h6-9H,5,10-12H2,1-4H3,(H,22,24). The van der Waals surface area contributed by atoms with E-state index in [1.165, 1.54) is 0 Å². The van der Waals surface area contributed by atoms with Crippen LogP contribution in [0.2, 0.25) is 5.02 Å². The third-order valence-corrected chi connectivity index (χ3v) is 4.95. The Hall–Kier alpha value is -2.27. The summed E-state index contributed by atoms with van der Waals surface area (Å²) in [4.78, 5) is 24.4. The van der Waals surface area contributed by atoms with Gasteiger partial charge in [-0.25, -0.2) is 4.79 Å². The fourth-order valence-electron chi connectivity index (χ4n) is 3.05. The van der Waals surface area contributed by atoms with Gasteiger partial charge in [0, 0.05) is 36.4 Å². The van der Waals surface area contributed by atoms with E-state index in [2.05, 4.69) is 5.32 Å². The molecule has 0 saturated carbocycles. The molecule has 2 rings (SSSR count). The number of carbonyl (C=O) groups excluding carboxylic acids is 2. The van der Waals surface area contributed by atoms with Crippen molar-refractivity contribution < 1.29 is 14.3 Å². The van der Waals surface area contributed by atoms with Crippen LogP contribution in [0, 0.1) is 13.8 Å². The highest BCUT2D eigenvalue weighted by atomic mass is 35.5. The minimum atomic E-state index is -0.312. The molecule has 1 amide bonds. The highest BCUT2D eigenvalue weighted by Crippen LogP contribution is 2.23. The molecular formula is C20H25ClN2O3. The first-order valence-electron chi connectivity index (χ1n) is 8.68. The summed E-state index contributed by atoms with van der Waals surface area (Å²) in [5.74, 6) is -0.367. The zero-order valence-corrected chi connectivity index (χ0v) is 16.4. The van der Waals surface area contributed by atoms with E-state index in [0.29, 0.717) is 36.6 Å². The van der Waals surface area contributed by atoms with Crippen LogP contribution in [0.4, 0.5) is 0 Å². The lowest BCUT2D eigenvalue weighted by Gasteiger charge is -2.09. The number of halogens is 1. The van der Waals surface area contributed by atoms with Gasteiger partial charge in [0.15, 0.2) is 0 Å². The number of aromatic nitrogens is 1. The predicted molar refractivity (Wildman–Crippen MR) is 102 cm³/mol. The minimum absolute atomic E-state index is 0.0548. The molecule has 5 nitrogen and oxygen atoms in total. The van der Waals surface area contributed by atoms with E-state index < -0.39 is 0 Å². The number of nitrogens with one attached hydrogen (secondary N) is 1. The Bertz CT molecular complexity index is 812. The van der Waals surface area contributed by atoms with Crippen molar-refractivity contribution in [3.63, 3.8) is 0 Å². The van der Waals surface area contributed by atoms with Crippen molar-refractivity contribution in [2.24, 2.45) is 7.05 Å².